The fourth-order valence-electron chi connectivity index (χ4n) is 1.84. The quantitative estimate of drug-likeness (QED) is 0.813. The van der Waals surface area contributed by atoms with Gasteiger partial charge in [0.05, 0.1) is 6.54 Å². The Kier molecular flexibility index (Phi) is 4.20. The van der Waals surface area contributed by atoms with Crippen molar-refractivity contribution in [3.8, 4) is 5.75 Å². The van der Waals surface area contributed by atoms with Gasteiger partial charge in [0.25, 0.3) is 0 Å². The van der Waals surface area contributed by atoms with Crippen LogP contribution in [0.1, 0.15) is 18.9 Å². The van der Waals surface area contributed by atoms with Gasteiger partial charge in [0.2, 0.25) is 0 Å². The molecule has 1 aliphatic heterocycles. The summed E-state index contributed by atoms with van der Waals surface area (Å²) in [6.07, 6.45) is 1.08. The van der Waals surface area contributed by atoms with Gasteiger partial charge >= 0.3 is 0 Å². The van der Waals surface area contributed by atoms with Crippen LogP contribution in [0, 0.1) is 0 Å². The van der Waals surface area contributed by atoms with Crippen LogP contribution in [0.15, 0.2) is 24.3 Å². The van der Waals surface area contributed by atoms with Gasteiger partial charge in [-0.05, 0) is 24.7 Å². The summed E-state index contributed by atoms with van der Waals surface area (Å²) in [5.74, 6) is 0.980. The molecule has 1 heterocycles. The van der Waals surface area contributed by atoms with E-state index in [9.17, 15) is 0 Å². The first-order chi connectivity index (χ1) is 8.31. The van der Waals surface area contributed by atoms with Crippen molar-refractivity contribution in [3.05, 3.63) is 29.8 Å². The number of ether oxygens (including phenoxy) is 1. The molecule has 3 nitrogen and oxygen atoms in total. The minimum atomic E-state index is 0.685. The first-order valence-corrected chi connectivity index (χ1v) is 6.45. The van der Waals surface area contributed by atoms with Gasteiger partial charge in [-0.15, -0.1) is 0 Å². The number of benzene rings is 1. The number of fused-ring (bicyclic) bond motifs is 1. The molecule has 0 unspecified atom stereocenters. The third-order valence-corrected chi connectivity index (χ3v) is 3.17. The van der Waals surface area contributed by atoms with E-state index in [4.69, 9.17) is 17.0 Å². The first-order valence-electron chi connectivity index (χ1n) is 6.04. The van der Waals surface area contributed by atoms with E-state index in [2.05, 4.69) is 23.2 Å². The highest BCUT2D eigenvalue weighted by Crippen LogP contribution is 2.22. The van der Waals surface area contributed by atoms with Gasteiger partial charge in [0.15, 0.2) is 5.11 Å². The summed E-state index contributed by atoms with van der Waals surface area (Å²) in [6.45, 7) is 5.41. The lowest BCUT2D eigenvalue weighted by Crippen LogP contribution is -2.40. The number of hydrogen-bond donors (Lipinski definition) is 1. The molecule has 0 aromatic heterocycles. The molecule has 0 spiro atoms. The minimum absolute atomic E-state index is 0.685. The molecule has 0 amide bonds. The van der Waals surface area contributed by atoms with Crippen molar-refractivity contribution >= 4 is 17.3 Å². The topological polar surface area (TPSA) is 24.5 Å². The lowest BCUT2D eigenvalue weighted by atomic mass is 10.2. The van der Waals surface area contributed by atoms with Crippen LogP contribution >= 0.6 is 12.2 Å². The van der Waals surface area contributed by atoms with Gasteiger partial charge in [-0.2, -0.15) is 0 Å². The van der Waals surface area contributed by atoms with Crippen molar-refractivity contribution in [1.29, 1.82) is 0 Å². The van der Waals surface area contributed by atoms with Crippen LogP contribution in [0.2, 0.25) is 0 Å². The van der Waals surface area contributed by atoms with Crippen LogP contribution in [-0.2, 0) is 6.54 Å². The third-order valence-electron chi connectivity index (χ3n) is 2.77. The lowest BCUT2D eigenvalue weighted by Gasteiger charge is -2.23. The molecule has 1 aromatic rings. The standard InChI is InChI=1S/C13H18N2OS/c1-2-7-14-13(17)15-8-9-16-12-6-4-3-5-11(12)10-15/h3-6H,2,7-10H2,1H3,(H,14,17). The Morgan fingerprint density at radius 3 is 3.12 bits per heavy atom. The second-order valence-electron chi connectivity index (χ2n) is 4.11. The zero-order valence-electron chi connectivity index (χ0n) is 10.1. The smallest absolute Gasteiger partial charge is 0.169 e. The van der Waals surface area contributed by atoms with E-state index in [1.54, 1.807) is 0 Å². The summed E-state index contributed by atoms with van der Waals surface area (Å²) in [6, 6.07) is 8.15. The molecule has 17 heavy (non-hydrogen) atoms. The van der Waals surface area contributed by atoms with Crippen LogP contribution in [0.5, 0.6) is 5.75 Å². The molecule has 1 aliphatic rings. The summed E-state index contributed by atoms with van der Waals surface area (Å²) >= 11 is 5.39. The molecule has 92 valence electrons. The van der Waals surface area contributed by atoms with Gasteiger partial charge in [-0.3, -0.25) is 0 Å². The van der Waals surface area contributed by atoms with Crippen LogP contribution in [-0.4, -0.2) is 29.7 Å². The second kappa shape index (κ2) is 5.87. The molecule has 0 fully saturated rings. The fraction of sp³-hybridized carbons (Fsp3) is 0.462. The highest BCUT2D eigenvalue weighted by molar-refractivity contribution is 7.80. The molecular formula is C13H18N2OS. The predicted molar refractivity (Wildman–Crippen MR) is 73.2 cm³/mol. The average molecular weight is 250 g/mol. The van der Waals surface area contributed by atoms with Crippen LogP contribution in [0.4, 0.5) is 0 Å². The molecule has 0 bridgehead atoms. The van der Waals surface area contributed by atoms with Crippen molar-refractivity contribution in [1.82, 2.24) is 10.2 Å². The Hall–Kier alpha value is -1.29. The molecule has 4 heteroatoms. The summed E-state index contributed by atoms with van der Waals surface area (Å²) in [5.41, 5.74) is 1.20. The van der Waals surface area contributed by atoms with Crippen LogP contribution < -0.4 is 10.1 Å². The normalized spacial score (nSPS) is 14.5. The van der Waals surface area contributed by atoms with Gasteiger partial charge in [-0.25, -0.2) is 0 Å². The Morgan fingerprint density at radius 1 is 1.47 bits per heavy atom. The van der Waals surface area contributed by atoms with Crippen LogP contribution in [0.3, 0.4) is 0 Å². The highest BCUT2D eigenvalue weighted by Gasteiger charge is 2.16. The molecule has 0 atom stereocenters. The summed E-state index contributed by atoms with van der Waals surface area (Å²) in [4.78, 5) is 2.16. The van der Waals surface area contributed by atoms with E-state index in [0.717, 1.165) is 36.9 Å². The minimum Gasteiger partial charge on any atom is -0.491 e. The Morgan fingerprint density at radius 2 is 2.29 bits per heavy atom. The Labute approximate surface area is 108 Å². The first kappa shape index (κ1) is 12.2. The fourth-order valence-corrected chi connectivity index (χ4v) is 2.10. The van der Waals surface area contributed by atoms with E-state index >= 15 is 0 Å². The summed E-state index contributed by atoms with van der Waals surface area (Å²) < 4.78 is 5.70. The number of nitrogens with zero attached hydrogens (tertiary/aromatic N) is 1. The molecule has 0 saturated heterocycles. The number of hydrogen-bond acceptors (Lipinski definition) is 2. The number of para-hydroxylation sites is 1. The largest absolute Gasteiger partial charge is 0.491 e. The van der Waals surface area contributed by atoms with Gasteiger partial charge in [0, 0.05) is 18.7 Å². The predicted octanol–water partition coefficient (Wildman–Crippen LogP) is 2.17. The summed E-state index contributed by atoms with van der Waals surface area (Å²) in [5, 5.41) is 4.09. The maximum atomic E-state index is 5.70. The maximum absolute atomic E-state index is 5.70. The zero-order valence-corrected chi connectivity index (χ0v) is 10.9. The van der Waals surface area contributed by atoms with Crippen molar-refractivity contribution in [2.24, 2.45) is 0 Å². The lowest BCUT2D eigenvalue weighted by molar-refractivity contribution is 0.288. The maximum Gasteiger partial charge on any atom is 0.169 e. The number of nitrogens with one attached hydrogen (secondary N) is 1. The van der Waals surface area contributed by atoms with Crippen molar-refractivity contribution in [3.63, 3.8) is 0 Å². The number of rotatable bonds is 2. The van der Waals surface area contributed by atoms with Gasteiger partial charge in [0.1, 0.15) is 12.4 Å². The molecule has 1 N–H and O–H groups in total. The summed E-state index contributed by atoms with van der Waals surface area (Å²) in [7, 11) is 0. The van der Waals surface area contributed by atoms with Crippen molar-refractivity contribution in [2.75, 3.05) is 19.7 Å². The molecule has 1 aromatic carbocycles. The van der Waals surface area contributed by atoms with Crippen molar-refractivity contribution < 1.29 is 4.74 Å². The van der Waals surface area contributed by atoms with Gasteiger partial charge in [-0.1, -0.05) is 25.1 Å². The van der Waals surface area contributed by atoms with E-state index in [-0.39, 0.29) is 0 Å². The average Bonchev–Trinajstić information content (AvgIpc) is 2.58. The molecule has 0 saturated carbocycles. The van der Waals surface area contributed by atoms with E-state index in [1.807, 2.05) is 18.2 Å². The Balaban J connectivity index is 2.05. The molecule has 0 radical (unpaired) electrons. The van der Waals surface area contributed by atoms with Crippen LogP contribution in [0.25, 0.3) is 0 Å². The monoisotopic (exact) mass is 250 g/mol. The molecular weight excluding hydrogens is 232 g/mol. The van der Waals surface area contributed by atoms with Crippen molar-refractivity contribution in [2.45, 2.75) is 19.9 Å². The van der Waals surface area contributed by atoms with E-state index < -0.39 is 0 Å². The molecule has 2 rings (SSSR count). The SMILES string of the molecule is CCCNC(=S)N1CCOc2ccccc2C1. The van der Waals surface area contributed by atoms with E-state index in [1.165, 1.54) is 5.56 Å². The molecule has 0 aliphatic carbocycles. The van der Waals surface area contributed by atoms with Gasteiger partial charge < -0.3 is 15.0 Å². The second-order valence-corrected chi connectivity index (χ2v) is 4.50. The Bertz CT molecular complexity index is 395. The van der Waals surface area contributed by atoms with E-state index in [0.29, 0.717) is 6.61 Å². The zero-order chi connectivity index (χ0) is 12.1. The highest BCUT2D eigenvalue weighted by atomic mass is 32.1. The third kappa shape index (κ3) is 3.09. The number of thiocarbonyl (C=S) groups is 1.